The van der Waals surface area contributed by atoms with Crippen LogP contribution < -0.4 is 4.90 Å². The highest BCUT2D eigenvalue weighted by atomic mass is 79.9. The Balaban J connectivity index is 2.23. The van der Waals surface area contributed by atoms with Crippen LogP contribution in [0, 0.1) is 27.7 Å². The molecule has 0 spiro atoms. The number of carbonyl (C=O) groups is 1. The molecule has 0 aromatic heterocycles. The molecule has 1 aliphatic heterocycles. The highest BCUT2D eigenvalue weighted by Gasteiger charge is 2.41. The molecule has 0 unspecified atom stereocenters. The highest BCUT2D eigenvalue weighted by Crippen LogP contribution is 2.34. The first-order valence-electron chi connectivity index (χ1n) is 8.39. The molecular formula is C20H21Br2N2O2+. The maximum absolute atomic E-state index is 12.2. The van der Waals surface area contributed by atoms with Crippen LogP contribution in [0.2, 0.25) is 0 Å². The van der Waals surface area contributed by atoms with Gasteiger partial charge in [-0.25, -0.2) is 14.3 Å². The molecule has 0 amide bonds. The molecule has 0 aliphatic carbocycles. The summed E-state index contributed by atoms with van der Waals surface area (Å²) in [6.45, 7) is 9.35. The second-order valence-corrected chi connectivity index (χ2v) is 8.54. The van der Waals surface area contributed by atoms with E-state index in [1.54, 1.807) is 0 Å². The van der Waals surface area contributed by atoms with Crippen LogP contribution in [0.4, 0.5) is 11.4 Å². The van der Waals surface area contributed by atoms with E-state index in [-0.39, 0.29) is 0 Å². The van der Waals surface area contributed by atoms with Gasteiger partial charge in [-0.2, -0.15) is 0 Å². The molecule has 3 rings (SSSR count). The van der Waals surface area contributed by atoms with Crippen LogP contribution in [0.5, 0.6) is 0 Å². The number of rotatable bonds is 3. The molecule has 0 saturated carbocycles. The second kappa shape index (κ2) is 7.16. The van der Waals surface area contributed by atoms with E-state index in [0.29, 0.717) is 18.9 Å². The number of carboxylic acids is 1. The molecule has 6 heteroatoms. The van der Waals surface area contributed by atoms with Crippen LogP contribution in [0.25, 0.3) is 0 Å². The lowest BCUT2D eigenvalue weighted by Crippen LogP contribution is -2.36. The summed E-state index contributed by atoms with van der Waals surface area (Å²) in [5.41, 5.74) is 6.17. The first kappa shape index (κ1) is 19.1. The minimum Gasteiger partial charge on any atom is -0.472 e. The fourth-order valence-corrected chi connectivity index (χ4v) is 5.25. The molecule has 2 aromatic rings. The monoisotopic (exact) mass is 479 g/mol. The van der Waals surface area contributed by atoms with Crippen molar-refractivity contribution in [2.24, 2.45) is 0 Å². The van der Waals surface area contributed by atoms with Gasteiger partial charge in [0.2, 0.25) is 0 Å². The van der Waals surface area contributed by atoms with Gasteiger partial charge in [0.1, 0.15) is 24.5 Å². The first-order chi connectivity index (χ1) is 12.2. The molecule has 1 aliphatic rings. The van der Waals surface area contributed by atoms with Crippen molar-refractivity contribution >= 4 is 55.0 Å². The SMILES string of the molecule is Cc1cc(Br)cc(C)c1N1CC[N+](c2c(C)cc(Br)cc2C)=C1C(=O)O. The van der Waals surface area contributed by atoms with Crippen LogP contribution in [0.15, 0.2) is 33.2 Å². The van der Waals surface area contributed by atoms with E-state index >= 15 is 0 Å². The summed E-state index contributed by atoms with van der Waals surface area (Å²) in [7, 11) is 0. The van der Waals surface area contributed by atoms with E-state index < -0.39 is 5.97 Å². The summed E-state index contributed by atoms with van der Waals surface area (Å²) in [4.78, 5) is 14.1. The van der Waals surface area contributed by atoms with Crippen molar-refractivity contribution in [3.8, 4) is 0 Å². The molecule has 0 bridgehead atoms. The molecule has 136 valence electrons. The van der Waals surface area contributed by atoms with Gasteiger partial charge in [0.25, 0.3) is 0 Å². The number of aliphatic carboxylic acids is 1. The third-order valence-electron chi connectivity index (χ3n) is 4.70. The number of carboxylic acid groups (broad SMARTS) is 1. The van der Waals surface area contributed by atoms with Crippen molar-refractivity contribution in [3.05, 3.63) is 55.5 Å². The third kappa shape index (κ3) is 3.32. The minimum atomic E-state index is -0.911. The summed E-state index contributed by atoms with van der Waals surface area (Å²) in [5, 5.41) is 10.0. The van der Waals surface area contributed by atoms with Crippen molar-refractivity contribution in [1.29, 1.82) is 0 Å². The van der Waals surface area contributed by atoms with E-state index in [0.717, 1.165) is 42.6 Å². The Morgan fingerprint density at radius 2 is 1.42 bits per heavy atom. The largest absolute Gasteiger partial charge is 0.472 e. The number of aryl methyl sites for hydroxylation is 4. The Morgan fingerprint density at radius 1 is 0.962 bits per heavy atom. The van der Waals surface area contributed by atoms with Gasteiger partial charge in [-0.3, -0.25) is 0 Å². The van der Waals surface area contributed by atoms with Crippen molar-refractivity contribution < 1.29 is 14.5 Å². The molecule has 26 heavy (non-hydrogen) atoms. The Labute approximate surface area is 170 Å². The molecule has 2 aromatic carbocycles. The van der Waals surface area contributed by atoms with Crippen LogP contribution in [-0.2, 0) is 4.79 Å². The average Bonchev–Trinajstić information content (AvgIpc) is 2.89. The zero-order valence-corrected chi connectivity index (χ0v) is 18.4. The molecule has 0 saturated heterocycles. The molecule has 1 N–H and O–H groups in total. The molecule has 0 atom stereocenters. The fraction of sp³-hybridized carbons (Fsp3) is 0.300. The maximum Gasteiger partial charge on any atom is 0.419 e. The number of benzene rings is 2. The Kier molecular flexibility index (Phi) is 5.26. The topological polar surface area (TPSA) is 43.5 Å². The fourth-order valence-electron chi connectivity index (χ4n) is 3.88. The number of anilines is 1. The van der Waals surface area contributed by atoms with Crippen molar-refractivity contribution in [2.45, 2.75) is 27.7 Å². The average molecular weight is 481 g/mol. The smallest absolute Gasteiger partial charge is 0.419 e. The zero-order valence-electron chi connectivity index (χ0n) is 15.2. The van der Waals surface area contributed by atoms with Gasteiger partial charge in [-0.15, -0.1) is 0 Å². The second-order valence-electron chi connectivity index (χ2n) is 6.71. The number of hydrogen-bond donors (Lipinski definition) is 1. The van der Waals surface area contributed by atoms with Gasteiger partial charge in [-0.05, 0) is 74.2 Å². The minimum absolute atomic E-state index is 0.312. The lowest BCUT2D eigenvalue weighted by molar-refractivity contribution is -0.429. The van der Waals surface area contributed by atoms with Gasteiger partial charge in [0.05, 0.1) is 0 Å². The molecular weight excluding hydrogens is 460 g/mol. The summed E-state index contributed by atoms with van der Waals surface area (Å²) in [6, 6.07) is 8.11. The third-order valence-corrected chi connectivity index (χ3v) is 5.62. The maximum atomic E-state index is 12.2. The van der Waals surface area contributed by atoms with Gasteiger partial charge in [-0.1, -0.05) is 31.9 Å². The highest BCUT2D eigenvalue weighted by molar-refractivity contribution is 9.10. The predicted octanol–water partition coefficient (Wildman–Crippen LogP) is 5.09. The Bertz CT molecular complexity index is 905. The standard InChI is InChI=1S/C20H20Br2N2O2/c1-11-7-15(21)8-12(2)17(11)23-5-6-24(19(23)20(25)26)18-13(3)9-16(22)10-14(18)4/h7-10H,5-6H2,1-4H3/p+1. The summed E-state index contributed by atoms with van der Waals surface area (Å²) < 4.78 is 3.94. The van der Waals surface area contributed by atoms with Crippen molar-refractivity contribution in [2.75, 3.05) is 18.0 Å². The number of nitrogens with zero attached hydrogens (tertiary/aromatic N) is 2. The van der Waals surface area contributed by atoms with Crippen LogP contribution >= 0.6 is 31.9 Å². The quantitative estimate of drug-likeness (QED) is 0.622. The first-order valence-corrected chi connectivity index (χ1v) is 9.98. The van der Waals surface area contributed by atoms with Crippen molar-refractivity contribution in [1.82, 2.24) is 0 Å². The number of hydrogen-bond acceptors (Lipinski definition) is 2. The van der Waals surface area contributed by atoms with E-state index in [4.69, 9.17) is 0 Å². The molecule has 0 fully saturated rings. The normalized spacial score (nSPS) is 14.3. The van der Waals surface area contributed by atoms with Gasteiger partial charge >= 0.3 is 11.8 Å². The Hall–Kier alpha value is -1.66. The summed E-state index contributed by atoms with van der Waals surface area (Å²) in [6.07, 6.45) is 0. The van der Waals surface area contributed by atoms with E-state index in [2.05, 4.69) is 31.9 Å². The zero-order chi connectivity index (χ0) is 19.2. The molecule has 1 heterocycles. The van der Waals surface area contributed by atoms with Crippen LogP contribution in [0.1, 0.15) is 22.3 Å². The van der Waals surface area contributed by atoms with Crippen LogP contribution in [0.3, 0.4) is 0 Å². The van der Waals surface area contributed by atoms with E-state index in [1.165, 1.54) is 0 Å². The lowest BCUT2D eigenvalue weighted by Gasteiger charge is -2.16. The van der Waals surface area contributed by atoms with Crippen molar-refractivity contribution in [3.63, 3.8) is 0 Å². The Morgan fingerprint density at radius 3 is 1.88 bits per heavy atom. The van der Waals surface area contributed by atoms with Gasteiger partial charge in [0.15, 0.2) is 0 Å². The molecule has 4 nitrogen and oxygen atoms in total. The van der Waals surface area contributed by atoms with Gasteiger partial charge in [0, 0.05) is 8.95 Å². The van der Waals surface area contributed by atoms with E-state index in [9.17, 15) is 9.90 Å². The number of amidine groups is 1. The summed E-state index contributed by atoms with van der Waals surface area (Å²) in [5.74, 6) is -0.599. The predicted molar refractivity (Wildman–Crippen MR) is 112 cm³/mol. The lowest BCUT2D eigenvalue weighted by atomic mass is 10.1. The van der Waals surface area contributed by atoms with E-state index in [1.807, 2.05) is 61.4 Å². The number of halogens is 2. The van der Waals surface area contributed by atoms with Gasteiger partial charge < -0.3 is 5.11 Å². The van der Waals surface area contributed by atoms with Crippen LogP contribution in [-0.4, -0.2) is 34.6 Å². The summed E-state index contributed by atoms with van der Waals surface area (Å²) >= 11 is 7.04. The molecule has 0 radical (unpaired) electrons.